The van der Waals surface area contributed by atoms with Crippen LogP contribution in [0.4, 0.5) is 15.9 Å². The Balaban J connectivity index is 2.19. The van der Waals surface area contributed by atoms with Crippen LogP contribution in [0.2, 0.25) is 0 Å². The predicted octanol–water partition coefficient (Wildman–Crippen LogP) is 3.51. The predicted molar refractivity (Wildman–Crippen MR) is 77.5 cm³/mol. The van der Waals surface area contributed by atoms with Crippen LogP contribution in [0.25, 0.3) is 4.96 Å². The molecule has 2 aromatic heterocycles. The minimum Gasteiger partial charge on any atom is -0.322 e. The smallest absolute Gasteiger partial charge is 0.196 e. The van der Waals surface area contributed by atoms with Gasteiger partial charge in [0.2, 0.25) is 0 Å². The van der Waals surface area contributed by atoms with Gasteiger partial charge in [0, 0.05) is 18.1 Å². The molecule has 0 spiro atoms. The summed E-state index contributed by atoms with van der Waals surface area (Å²) >= 11 is 1.44. The average Bonchev–Trinajstić information content (AvgIpc) is 3.02. The molecule has 20 heavy (non-hydrogen) atoms. The summed E-state index contributed by atoms with van der Waals surface area (Å²) in [6, 6.07) is 6.48. The maximum absolute atomic E-state index is 14.0. The van der Waals surface area contributed by atoms with E-state index in [1.54, 1.807) is 33.7 Å². The van der Waals surface area contributed by atoms with Crippen LogP contribution >= 0.6 is 11.3 Å². The molecule has 1 aromatic carbocycles. The van der Waals surface area contributed by atoms with E-state index in [0.717, 1.165) is 11.2 Å². The number of fused-ring (bicyclic) bond motifs is 1. The molecule has 2 heterocycles. The van der Waals surface area contributed by atoms with Crippen molar-refractivity contribution in [2.45, 2.75) is 6.92 Å². The van der Waals surface area contributed by atoms with Gasteiger partial charge in [-0.2, -0.15) is 0 Å². The molecule has 0 aliphatic heterocycles. The van der Waals surface area contributed by atoms with Crippen molar-refractivity contribution >= 4 is 34.1 Å². The van der Waals surface area contributed by atoms with Crippen molar-refractivity contribution in [3.05, 3.63) is 47.4 Å². The highest BCUT2D eigenvalue weighted by Gasteiger charge is 2.20. The number of imidazole rings is 1. The zero-order chi connectivity index (χ0) is 14.1. The molecule has 0 atom stereocenters. The lowest BCUT2D eigenvalue weighted by atomic mass is 10.2. The zero-order valence-electron chi connectivity index (χ0n) is 10.8. The normalized spacial score (nSPS) is 10.9. The van der Waals surface area contributed by atoms with Crippen molar-refractivity contribution in [1.82, 2.24) is 9.38 Å². The van der Waals surface area contributed by atoms with Gasteiger partial charge in [0.15, 0.2) is 17.1 Å². The summed E-state index contributed by atoms with van der Waals surface area (Å²) in [7, 11) is 0. The van der Waals surface area contributed by atoms with E-state index in [1.807, 2.05) is 12.3 Å². The van der Waals surface area contributed by atoms with Gasteiger partial charge in [-0.1, -0.05) is 12.1 Å². The van der Waals surface area contributed by atoms with Crippen LogP contribution in [0.15, 0.2) is 35.8 Å². The summed E-state index contributed by atoms with van der Waals surface area (Å²) < 4.78 is 15.7. The summed E-state index contributed by atoms with van der Waals surface area (Å²) in [6.45, 7) is 2.42. The van der Waals surface area contributed by atoms with Crippen LogP contribution in [-0.4, -0.2) is 22.2 Å². The van der Waals surface area contributed by atoms with E-state index in [2.05, 4.69) is 4.98 Å². The second-order valence-corrected chi connectivity index (χ2v) is 5.06. The lowest BCUT2D eigenvalue weighted by Gasteiger charge is -2.21. The lowest BCUT2D eigenvalue weighted by molar-refractivity contribution is 0.111. The minimum atomic E-state index is -0.331. The third-order valence-electron chi connectivity index (χ3n) is 3.11. The van der Waals surface area contributed by atoms with E-state index in [4.69, 9.17) is 0 Å². The molecule has 4 nitrogen and oxygen atoms in total. The second-order valence-electron chi connectivity index (χ2n) is 4.19. The number of halogens is 1. The summed E-state index contributed by atoms with van der Waals surface area (Å²) in [4.78, 5) is 18.2. The molecule has 0 fully saturated rings. The highest BCUT2D eigenvalue weighted by Crippen LogP contribution is 2.30. The highest BCUT2D eigenvalue weighted by atomic mass is 32.1. The maximum Gasteiger partial charge on any atom is 0.196 e. The average molecular weight is 289 g/mol. The Morgan fingerprint density at radius 3 is 2.95 bits per heavy atom. The van der Waals surface area contributed by atoms with Gasteiger partial charge in [0.1, 0.15) is 11.5 Å². The van der Waals surface area contributed by atoms with Crippen molar-refractivity contribution in [3.8, 4) is 0 Å². The Hall–Kier alpha value is -2.21. The Kier molecular flexibility index (Phi) is 3.23. The van der Waals surface area contributed by atoms with Gasteiger partial charge >= 0.3 is 0 Å². The molecule has 0 saturated heterocycles. The van der Waals surface area contributed by atoms with Crippen molar-refractivity contribution in [1.29, 1.82) is 0 Å². The SMILES string of the molecule is CCN(c1ccccc1F)c1nc2sccn2c1C=O. The summed E-state index contributed by atoms with van der Waals surface area (Å²) in [5, 5.41) is 1.86. The monoisotopic (exact) mass is 289 g/mol. The second kappa shape index (κ2) is 5.05. The van der Waals surface area contributed by atoms with Gasteiger partial charge in [0.05, 0.1) is 5.69 Å². The van der Waals surface area contributed by atoms with Gasteiger partial charge < -0.3 is 4.90 Å². The molecule has 0 aliphatic carbocycles. The van der Waals surface area contributed by atoms with E-state index in [9.17, 15) is 9.18 Å². The van der Waals surface area contributed by atoms with Gasteiger partial charge in [0.25, 0.3) is 0 Å². The molecular formula is C14H12FN3OS. The van der Waals surface area contributed by atoms with Crippen LogP contribution in [0, 0.1) is 5.82 Å². The van der Waals surface area contributed by atoms with Gasteiger partial charge in [-0.3, -0.25) is 9.20 Å². The number of rotatable bonds is 4. The van der Waals surface area contributed by atoms with E-state index in [0.29, 0.717) is 23.7 Å². The van der Waals surface area contributed by atoms with Gasteiger partial charge in [-0.25, -0.2) is 9.37 Å². The number of hydrogen-bond acceptors (Lipinski definition) is 4. The summed E-state index contributed by atoms with van der Waals surface area (Å²) in [5.41, 5.74) is 0.857. The largest absolute Gasteiger partial charge is 0.322 e. The Labute approximate surface area is 119 Å². The molecule has 0 bridgehead atoms. The van der Waals surface area contributed by atoms with E-state index in [1.165, 1.54) is 17.4 Å². The van der Waals surface area contributed by atoms with Crippen molar-refractivity contribution in [3.63, 3.8) is 0 Å². The summed E-state index contributed by atoms with van der Waals surface area (Å²) in [6.07, 6.45) is 2.54. The van der Waals surface area contributed by atoms with Crippen LogP contribution < -0.4 is 4.90 Å². The molecule has 0 amide bonds. The maximum atomic E-state index is 14.0. The molecule has 0 N–H and O–H groups in total. The standard InChI is InChI=1S/C14H12FN3OS/c1-2-17(11-6-4-3-5-10(11)15)13-12(9-19)18-7-8-20-14(18)16-13/h3-9H,2H2,1H3. The number of carbonyl (C=O) groups excluding carboxylic acids is 1. The molecule has 3 aromatic rings. The minimum absolute atomic E-state index is 0.331. The number of para-hydroxylation sites is 1. The van der Waals surface area contributed by atoms with E-state index in [-0.39, 0.29) is 5.82 Å². The number of hydrogen-bond donors (Lipinski definition) is 0. The molecule has 0 aliphatic rings. The first kappa shape index (κ1) is 12.8. The van der Waals surface area contributed by atoms with Crippen molar-refractivity contribution < 1.29 is 9.18 Å². The highest BCUT2D eigenvalue weighted by molar-refractivity contribution is 7.15. The van der Waals surface area contributed by atoms with E-state index < -0.39 is 0 Å². The molecule has 0 unspecified atom stereocenters. The van der Waals surface area contributed by atoms with Gasteiger partial charge in [-0.05, 0) is 19.1 Å². The number of nitrogens with zero attached hydrogens (tertiary/aromatic N) is 3. The first-order valence-electron chi connectivity index (χ1n) is 6.19. The fraction of sp³-hybridized carbons (Fsp3) is 0.143. The van der Waals surface area contributed by atoms with Crippen LogP contribution in [0.3, 0.4) is 0 Å². The first-order valence-corrected chi connectivity index (χ1v) is 7.07. The van der Waals surface area contributed by atoms with Gasteiger partial charge in [-0.15, -0.1) is 11.3 Å². The molecule has 102 valence electrons. The number of carbonyl (C=O) groups is 1. The molecule has 6 heteroatoms. The number of anilines is 2. The third-order valence-corrected chi connectivity index (χ3v) is 3.86. The van der Waals surface area contributed by atoms with Crippen LogP contribution in [-0.2, 0) is 0 Å². The van der Waals surface area contributed by atoms with E-state index >= 15 is 0 Å². The lowest BCUT2D eigenvalue weighted by Crippen LogP contribution is -2.19. The topological polar surface area (TPSA) is 37.6 Å². The Bertz CT molecular complexity index is 765. The van der Waals surface area contributed by atoms with Crippen LogP contribution in [0.1, 0.15) is 17.4 Å². The molecule has 0 saturated carbocycles. The molecular weight excluding hydrogens is 277 g/mol. The fourth-order valence-electron chi connectivity index (χ4n) is 2.20. The third kappa shape index (κ3) is 1.89. The number of aldehydes is 1. The zero-order valence-corrected chi connectivity index (χ0v) is 11.6. The quantitative estimate of drug-likeness (QED) is 0.690. The Morgan fingerprint density at radius 2 is 2.25 bits per heavy atom. The number of aromatic nitrogens is 2. The summed E-state index contributed by atoms with van der Waals surface area (Å²) in [5.74, 6) is 0.155. The number of thiazole rings is 1. The van der Waals surface area contributed by atoms with Crippen molar-refractivity contribution in [2.24, 2.45) is 0 Å². The molecule has 3 rings (SSSR count). The van der Waals surface area contributed by atoms with Crippen LogP contribution in [0.5, 0.6) is 0 Å². The first-order chi connectivity index (χ1) is 9.76. The Morgan fingerprint density at radius 1 is 1.45 bits per heavy atom. The molecule has 0 radical (unpaired) electrons. The fourth-order valence-corrected chi connectivity index (χ4v) is 2.92. The number of benzene rings is 1. The van der Waals surface area contributed by atoms with Crippen molar-refractivity contribution in [2.75, 3.05) is 11.4 Å².